The van der Waals surface area contributed by atoms with Crippen LogP contribution >= 0.6 is 11.3 Å². The Morgan fingerprint density at radius 1 is 1.31 bits per heavy atom. The maximum absolute atomic E-state index is 5.42. The van der Waals surface area contributed by atoms with Crippen LogP contribution in [0.1, 0.15) is 22.9 Å². The summed E-state index contributed by atoms with van der Waals surface area (Å²) in [6, 6.07) is 6.51. The lowest BCUT2D eigenvalue weighted by atomic mass is 10.1. The van der Waals surface area contributed by atoms with Crippen LogP contribution in [0.2, 0.25) is 0 Å². The molecular formula is C13H13NOS. The van der Waals surface area contributed by atoms with Crippen LogP contribution < -0.4 is 0 Å². The van der Waals surface area contributed by atoms with Gasteiger partial charge in [-0.15, -0.1) is 11.3 Å². The molecule has 1 aliphatic heterocycles. The number of rotatable bonds is 2. The standard InChI is InChI=1S/C13H13NOS/c1-2-12-6-14-13(16-12)9-3-4-10-7-15-8-11(10)5-9/h3-6H,2,7-8H2,1H3. The summed E-state index contributed by atoms with van der Waals surface area (Å²) in [5.74, 6) is 0. The largest absolute Gasteiger partial charge is 0.372 e. The zero-order valence-corrected chi connectivity index (χ0v) is 10.0. The van der Waals surface area contributed by atoms with Gasteiger partial charge in [0.05, 0.1) is 13.2 Å². The summed E-state index contributed by atoms with van der Waals surface area (Å²) in [7, 11) is 0. The molecule has 1 aromatic carbocycles. The number of hydrogen-bond acceptors (Lipinski definition) is 3. The van der Waals surface area contributed by atoms with Gasteiger partial charge in [0.15, 0.2) is 0 Å². The quantitative estimate of drug-likeness (QED) is 0.790. The smallest absolute Gasteiger partial charge is 0.123 e. The topological polar surface area (TPSA) is 22.1 Å². The van der Waals surface area contributed by atoms with Crippen LogP contribution in [0.3, 0.4) is 0 Å². The van der Waals surface area contributed by atoms with E-state index in [4.69, 9.17) is 4.74 Å². The Balaban J connectivity index is 2.00. The van der Waals surface area contributed by atoms with E-state index in [0.29, 0.717) is 0 Å². The number of aryl methyl sites for hydroxylation is 1. The fourth-order valence-corrected chi connectivity index (χ4v) is 2.76. The number of fused-ring (bicyclic) bond motifs is 1. The van der Waals surface area contributed by atoms with Crippen molar-refractivity contribution in [2.24, 2.45) is 0 Å². The monoisotopic (exact) mass is 231 g/mol. The van der Waals surface area contributed by atoms with Crippen molar-refractivity contribution < 1.29 is 4.74 Å². The van der Waals surface area contributed by atoms with Gasteiger partial charge in [0, 0.05) is 16.6 Å². The van der Waals surface area contributed by atoms with Gasteiger partial charge in [-0.05, 0) is 23.6 Å². The highest BCUT2D eigenvalue weighted by atomic mass is 32.1. The van der Waals surface area contributed by atoms with Crippen LogP contribution in [0.15, 0.2) is 24.4 Å². The molecule has 82 valence electrons. The van der Waals surface area contributed by atoms with Gasteiger partial charge in [-0.1, -0.05) is 19.1 Å². The first-order valence-corrected chi connectivity index (χ1v) is 6.33. The Bertz CT molecular complexity index is 518. The van der Waals surface area contributed by atoms with Gasteiger partial charge < -0.3 is 4.74 Å². The maximum atomic E-state index is 5.42. The van der Waals surface area contributed by atoms with Crippen LogP contribution in [-0.2, 0) is 24.4 Å². The summed E-state index contributed by atoms with van der Waals surface area (Å²) in [5.41, 5.74) is 3.84. The molecule has 2 aromatic rings. The second kappa shape index (κ2) is 4.00. The Hall–Kier alpha value is -1.19. The molecule has 0 aliphatic carbocycles. The minimum absolute atomic E-state index is 0.745. The molecule has 0 atom stereocenters. The van der Waals surface area contributed by atoms with E-state index in [2.05, 4.69) is 30.1 Å². The lowest BCUT2D eigenvalue weighted by molar-refractivity contribution is 0.134. The molecule has 3 rings (SSSR count). The summed E-state index contributed by atoms with van der Waals surface area (Å²) in [5, 5.41) is 1.12. The van der Waals surface area contributed by atoms with E-state index >= 15 is 0 Å². The minimum atomic E-state index is 0.745. The number of thiazole rings is 1. The SMILES string of the molecule is CCc1cnc(-c2ccc3c(c2)COC3)s1. The van der Waals surface area contributed by atoms with E-state index in [1.54, 1.807) is 11.3 Å². The summed E-state index contributed by atoms with van der Waals surface area (Å²) >= 11 is 1.78. The molecule has 0 amide bonds. The van der Waals surface area contributed by atoms with Gasteiger partial charge >= 0.3 is 0 Å². The Morgan fingerprint density at radius 3 is 3.00 bits per heavy atom. The van der Waals surface area contributed by atoms with Crippen molar-refractivity contribution in [3.05, 3.63) is 40.4 Å². The number of nitrogens with zero attached hydrogens (tertiary/aromatic N) is 1. The third-order valence-corrected chi connectivity index (χ3v) is 4.06. The van der Waals surface area contributed by atoms with Gasteiger partial charge in [0.2, 0.25) is 0 Å². The summed E-state index contributed by atoms with van der Waals surface area (Å²) < 4.78 is 5.42. The third-order valence-electron chi connectivity index (χ3n) is 2.87. The first-order valence-electron chi connectivity index (χ1n) is 5.51. The van der Waals surface area contributed by atoms with Crippen molar-refractivity contribution in [1.29, 1.82) is 0 Å². The van der Waals surface area contributed by atoms with Crippen LogP contribution in [0, 0.1) is 0 Å². The molecule has 1 aromatic heterocycles. The summed E-state index contributed by atoms with van der Waals surface area (Å²) in [6.07, 6.45) is 3.04. The first kappa shape index (κ1) is 10.00. The molecule has 0 saturated heterocycles. The maximum Gasteiger partial charge on any atom is 0.123 e. The first-order chi connectivity index (χ1) is 7.86. The van der Waals surface area contributed by atoms with Gasteiger partial charge in [-0.25, -0.2) is 4.98 Å². The van der Waals surface area contributed by atoms with Crippen molar-refractivity contribution in [3.8, 4) is 10.6 Å². The summed E-state index contributed by atoms with van der Waals surface area (Å²) in [6.45, 7) is 3.66. The highest BCUT2D eigenvalue weighted by Crippen LogP contribution is 2.29. The van der Waals surface area contributed by atoms with Gasteiger partial charge in [-0.2, -0.15) is 0 Å². The van der Waals surface area contributed by atoms with E-state index in [0.717, 1.165) is 24.6 Å². The molecule has 0 unspecified atom stereocenters. The van der Waals surface area contributed by atoms with Crippen molar-refractivity contribution >= 4 is 11.3 Å². The average Bonchev–Trinajstić information content (AvgIpc) is 2.96. The number of benzene rings is 1. The van der Waals surface area contributed by atoms with E-state index in [-0.39, 0.29) is 0 Å². The molecule has 1 aliphatic rings. The molecule has 0 spiro atoms. The van der Waals surface area contributed by atoms with Crippen LogP contribution in [-0.4, -0.2) is 4.98 Å². The molecule has 16 heavy (non-hydrogen) atoms. The van der Waals surface area contributed by atoms with E-state index in [9.17, 15) is 0 Å². The molecule has 3 heteroatoms. The Kier molecular flexibility index (Phi) is 2.50. The molecule has 2 heterocycles. The number of ether oxygens (including phenoxy) is 1. The van der Waals surface area contributed by atoms with E-state index in [1.165, 1.54) is 21.6 Å². The van der Waals surface area contributed by atoms with Crippen molar-refractivity contribution in [2.45, 2.75) is 26.6 Å². The predicted molar refractivity (Wildman–Crippen MR) is 65.4 cm³/mol. The molecule has 0 N–H and O–H groups in total. The Morgan fingerprint density at radius 2 is 2.19 bits per heavy atom. The summed E-state index contributed by atoms with van der Waals surface area (Å²) in [4.78, 5) is 5.80. The molecule has 2 nitrogen and oxygen atoms in total. The van der Waals surface area contributed by atoms with Gasteiger partial charge in [-0.3, -0.25) is 0 Å². The van der Waals surface area contributed by atoms with Crippen molar-refractivity contribution in [1.82, 2.24) is 4.98 Å². The van der Waals surface area contributed by atoms with Crippen LogP contribution in [0.4, 0.5) is 0 Å². The van der Waals surface area contributed by atoms with Crippen molar-refractivity contribution in [2.75, 3.05) is 0 Å². The lowest BCUT2D eigenvalue weighted by Gasteiger charge is -2.00. The lowest BCUT2D eigenvalue weighted by Crippen LogP contribution is -1.83. The fraction of sp³-hybridized carbons (Fsp3) is 0.308. The highest BCUT2D eigenvalue weighted by molar-refractivity contribution is 7.15. The fourth-order valence-electron chi connectivity index (χ4n) is 1.91. The van der Waals surface area contributed by atoms with Crippen molar-refractivity contribution in [3.63, 3.8) is 0 Å². The molecule has 0 saturated carbocycles. The van der Waals surface area contributed by atoms with Gasteiger partial charge in [0.1, 0.15) is 5.01 Å². The van der Waals surface area contributed by atoms with E-state index < -0.39 is 0 Å². The average molecular weight is 231 g/mol. The van der Waals surface area contributed by atoms with E-state index in [1.807, 2.05) is 6.20 Å². The molecule has 0 bridgehead atoms. The second-order valence-corrected chi connectivity index (χ2v) is 5.08. The normalized spacial score (nSPS) is 14.1. The number of hydrogen-bond donors (Lipinski definition) is 0. The second-order valence-electron chi connectivity index (χ2n) is 3.96. The van der Waals surface area contributed by atoms with Crippen LogP contribution in [0.5, 0.6) is 0 Å². The number of aromatic nitrogens is 1. The molecule has 0 radical (unpaired) electrons. The predicted octanol–water partition coefficient (Wildman–Crippen LogP) is 3.40. The zero-order chi connectivity index (χ0) is 11.0. The van der Waals surface area contributed by atoms with Gasteiger partial charge in [0.25, 0.3) is 0 Å². The van der Waals surface area contributed by atoms with Crippen LogP contribution in [0.25, 0.3) is 10.6 Å². The third kappa shape index (κ3) is 1.66. The highest BCUT2D eigenvalue weighted by Gasteiger charge is 2.13. The zero-order valence-electron chi connectivity index (χ0n) is 9.19. The molecular weight excluding hydrogens is 218 g/mol. The molecule has 0 fully saturated rings. The minimum Gasteiger partial charge on any atom is -0.372 e. The Labute approximate surface area is 98.9 Å².